The quantitative estimate of drug-likeness (QED) is 0.545. The molecule has 0 fully saturated rings. The van der Waals surface area contributed by atoms with Gasteiger partial charge < -0.3 is 15.3 Å². The van der Waals surface area contributed by atoms with Crippen LogP contribution >= 0.6 is 11.3 Å². The highest BCUT2D eigenvalue weighted by Gasteiger charge is 2.21. The van der Waals surface area contributed by atoms with Crippen LogP contribution in [0.5, 0.6) is 17.2 Å². The number of hydrogen-bond donors (Lipinski definition) is 4. The summed E-state index contributed by atoms with van der Waals surface area (Å²) in [5.41, 5.74) is 3.13. The highest BCUT2D eigenvalue weighted by atomic mass is 32.1. The SMILES string of the molecule is Cc1nc(-c2c(-c3ccc(O)c(O)c3O)n[nH]c2C)cs1. The van der Waals surface area contributed by atoms with Gasteiger partial charge in [0.05, 0.1) is 10.7 Å². The average Bonchev–Trinajstić information content (AvgIpc) is 3.02. The molecule has 4 N–H and O–H groups in total. The van der Waals surface area contributed by atoms with Gasteiger partial charge in [0.15, 0.2) is 11.5 Å². The van der Waals surface area contributed by atoms with Gasteiger partial charge in [-0.15, -0.1) is 11.3 Å². The molecule has 2 heterocycles. The molecule has 0 amide bonds. The first-order valence-corrected chi connectivity index (χ1v) is 7.08. The summed E-state index contributed by atoms with van der Waals surface area (Å²) in [5.74, 6) is -1.35. The van der Waals surface area contributed by atoms with Crippen LogP contribution in [0.25, 0.3) is 22.5 Å². The van der Waals surface area contributed by atoms with Crippen LogP contribution in [0.3, 0.4) is 0 Å². The minimum absolute atomic E-state index is 0.329. The molecule has 0 saturated heterocycles. The van der Waals surface area contributed by atoms with Gasteiger partial charge >= 0.3 is 0 Å². The van der Waals surface area contributed by atoms with E-state index in [1.54, 1.807) is 0 Å². The van der Waals surface area contributed by atoms with E-state index < -0.39 is 11.5 Å². The van der Waals surface area contributed by atoms with Crippen molar-refractivity contribution in [1.82, 2.24) is 15.2 Å². The van der Waals surface area contributed by atoms with Gasteiger partial charge in [-0.3, -0.25) is 5.10 Å². The van der Waals surface area contributed by atoms with Crippen LogP contribution in [0.4, 0.5) is 0 Å². The van der Waals surface area contributed by atoms with Crippen molar-refractivity contribution >= 4 is 11.3 Å². The maximum atomic E-state index is 10.0. The van der Waals surface area contributed by atoms with Crippen molar-refractivity contribution < 1.29 is 15.3 Å². The van der Waals surface area contributed by atoms with E-state index in [2.05, 4.69) is 15.2 Å². The highest BCUT2D eigenvalue weighted by Crippen LogP contribution is 2.44. The van der Waals surface area contributed by atoms with Gasteiger partial charge in [-0.25, -0.2) is 4.98 Å². The van der Waals surface area contributed by atoms with E-state index in [1.807, 2.05) is 19.2 Å². The number of phenolic OH excluding ortho intramolecular Hbond substituents is 3. The van der Waals surface area contributed by atoms with Crippen molar-refractivity contribution in [2.75, 3.05) is 0 Å². The number of aryl methyl sites for hydroxylation is 2. The van der Waals surface area contributed by atoms with E-state index in [-0.39, 0.29) is 5.75 Å². The summed E-state index contributed by atoms with van der Waals surface area (Å²) >= 11 is 1.52. The van der Waals surface area contributed by atoms with Gasteiger partial charge in [-0.2, -0.15) is 5.10 Å². The maximum absolute atomic E-state index is 10.0. The van der Waals surface area contributed by atoms with Crippen LogP contribution < -0.4 is 0 Å². The molecular formula is C14H13N3O3S. The Bertz CT molecular complexity index is 823. The van der Waals surface area contributed by atoms with Crippen molar-refractivity contribution in [3.8, 4) is 39.8 Å². The van der Waals surface area contributed by atoms with Crippen LogP contribution in [-0.4, -0.2) is 30.5 Å². The van der Waals surface area contributed by atoms with Crippen molar-refractivity contribution in [3.63, 3.8) is 0 Å². The zero-order valence-electron chi connectivity index (χ0n) is 11.4. The molecule has 0 aliphatic carbocycles. The third-order valence-corrected chi connectivity index (χ3v) is 3.98. The first kappa shape index (κ1) is 13.4. The summed E-state index contributed by atoms with van der Waals surface area (Å²) in [6.45, 7) is 3.77. The van der Waals surface area contributed by atoms with Gasteiger partial charge in [-0.05, 0) is 26.0 Å². The minimum Gasteiger partial charge on any atom is -0.504 e. The molecule has 0 bridgehead atoms. The number of rotatable bonds is 2. The molecule has 6 nitrogen and oxygen atoms in total. The standard InChI is InChI=1S/C14H13N3O3S/c1-6-11(9-5-21-7(2)15-9)12(17-16-6)8-3-4-10(18)14(20)13(8)19/h3-5,18-20H,1-2H3,(H,16,17). The monoisotopic (exact) mass is 303 g/mol. The molecule has 108 valence electrons. The largest absolute Gasteiger partial charge is 0.504 e. The fourth-order valence-corrected chi connectivity index (χ4v) is 2.78. The van der Waals surface area contributed by atoms with Crippen molar-refractivity contribution in [2.24, 2.45) is 0 Å². The summed E-state index contributed by atoms with van der Waals surface area (Å²) in [5, 5.41) is 39.0. The van der Waals surface area contributed by atoms with Crippen LogP contribution in [0.2, 0.25) is 0 Å². The number of benzene rings is 1. The third-order valence-electron chi connectivity index (χ3n) is 3.21. The molecule has 0 atom stereocenters. The molecule has 0 aliphatic rings. The predicted molar refractivity (Wildman–Crippen MR) is 79.6 cm³/mol. The number of hydrogen-bond acceptors (Lipinski definition) is 6. The molecule has 21 heavy (non-hydrogen) atoms. The van der Waals surface area contributed by atoms with Crippen LogP contribution in [0, 0.1) is 13.8 Å². The molecule has 0 unspecified atom stereocenters. The Morgan fingerprint density at radius 1 is 1.10 bits per heavy atom. The molecule has 3 rings (SSSR count). The Morgan fingerprint density at radius 2 is 1.86 bits per heavy atom. The minimum atomic E-state index is -0.562. The van der Waals surface area contributed by atoms with Crippen LogP contribution in [0.1, 0.15) is 10.7 Å². The molecule has 1 aromatic carbocycles. The lowest BCUT2D eigenvalue weighted by Gasteiger charge is -2.07. The molecule has 0 radical (unpaired) electrons. The lowest BCUT2D eigenvalue weighted by Crippen LogP contribution is -1.86. The zero-order chi connectivity index (χ0) is 15.1. The molecule has 0 spiro atoms. The molecule has 0 aliphatic heterocycles. The molecule has 7 heteroatoms. The van der Waals surface area contributed by atoms with Crippen molar-refractivity contribution in [2.45, 2.75) is 13.8 Å². The second kappa shape index (κ2) is 4.78. The number of aromatic hydroxyl groups is 3. The number of aromatic amines is 1. The van der Waals surface area contributed by atoms with Gasteiger partial charge in [0, 0.05) is 22.2 Å². The molecule has 3 aromatic rings. The Balaban J connectivity index is 2.24. The lowest BCUT2D eigenvalue weighted by molar-refractivity contribution is 0.369. The fraction of sp³-hybridized carbons (Fsp3) is 0.143. The van der Waals surface area contributed by atoms with Gasteiger partial charge in [-0.1, -0.05) is 0 Å². The average molecular weight is 303 g/mol. The van der Waals surface area contributed by atoms with E-state index in [0.29, 0.717) is 11.3 Å². The van der Waals surface area contributed by atoms with Gasteiger partial charge in [0.2, 0.25) is 5.75 Å². The van der Waals surface area contributed by atoms with Crippen molar-refractivity contribution in [1.29, 1.82) is 0 Å². The Morgan fingerprint density at radius 3 is 2.52 bits per heavy atom. The molecule has 2 aromatic heterocycles. The Labute approximate surface area is 124 Å². The fourth-order valence-electron chi connectivity index (χ4n) is 2.18. The Hall–Kier alpha value is -2.54. The third kappa shape index (κ3) is 2.11. The van der Waals surface area contributed by atoms with Crippen LogP contribution in [-0.2, 0) is 0 Å². The summed E-state index contributed by atoms with van der Waals surface area (Å²) in [6.07, 6.45) is 0. The van der Waals surface area contributed by atoms with Gasteiger partial charge in [0.1, 0.15) is 5.69 Å². The van der Waals surface area contributed by atoms with Gasteiger partial charge in [0.25, 0.3) is 0 Å². The maximum Gasteiger partial charge on any atom is 0.200 e. The number of nitrogens with zero attached hydrogens (tertiary/aromatic N) is 2. The first-order valence-electron chi connectivity index (χ1n) is 6.20. The van der Waals surface area contributed by atoms with E-state index in [0.717, 1.165) is 22.0 Å². The molecular weight excluding hydrogens is 290 g/mol. The second-order valence-electron chi connectivity index (χ2n) is 4.65. The number of phenols is 3. The van der Waals surface area contributed by atoms with E-state index >= 15 is 0 Å². The number of H-pyrrole nitrogens is 1. The van der Waals surface area contributed by atoms with E-state index in [1.165, 1.54) is 23.5 Å². The molecule has 0 saturated carbocycles. The summed E-state index contributed by atoms with van der Waals surface area (Å²) in [6, 6.07) is 2.81. The summed E-state index contributed by atoms with van der Waals surface area (Å²) < 4.78 is 0. The smallest absolute Gasteiger partial charge is 0.200 e. The second-order valence-corrected chi connectivity index (χ2v) is 5.72. The summed E-state index contributed by atoms with van der Waals surface area (Å²) in [7, 11) is 0. The zero-order valence-corrected chi connectivity index (χ0v) is 12.2. The number of nitrogens with one attached hydrogen (secondary N) is 1. The topological polar surface area (TPSA) is 102 Å². The Kier molecular flexibility index (Phi) is 3.06. The van der Waals surface area contributed by atoms with Crippen LogP contribution in [0.15, 0.2) is 17.5 Å². The number of aromatic nitrogens is 3. The summed E-state index contributed by atoms with van der Waals surface area (Å²) in [4.78, 5) is 4.43. The van der Waals surface area contributed by atoms with E-state index in [9.17, 15) is 15.3 Å². The highest BCUT2D eigenvalue weighted by molar-refractivity contribution is 7.09. The van der Waals surface area contributed by atoms with E-state index in [4.69, 9.17) is 0 Å². The normalized spacial score (nSPS) is 11.0. The predicted octanol–water partition coefficient (Wildman–Crippen LogP) is 2.93. The lowest BCUT2D eigenvalue weighted by atomic mass is 10.0. The first-order chi connectivity index (χ1) is 9.99. The van der Waals surface area contributed by atoms with Crippen molar-refractivity contribution in [3.05, 3.63) is 28.2 Å². The number of thiazole rings is 1.